The Morgan fingerprint density at radius 3 is 3.06 bits per heavy atom. The number of fused-ring (bicyclic) bond motifs is 1. The monoisotopic (exact) mass is 230 g/mol. The number of nitrogens with zero attached hydrogens (tertiary/aromatic N) is 3. The lowest BCUT2D eigenvalue weighted by Gasteiger charge is -2.37. The number of aromatic nitrogens is 3. The molecule has 0 aliphatic carbocycles. The van der Waals surface area contributed by atoms with E-state index >= 15 is 0 Å². The average molecular weight is 230 g/mol. The topological polar surface area (TPSA) is 54.0 Å². The van der Waals surface area contributed by atoms with E-state index in [1.807, 2.05) is 12.4 Å². The molecular weight excluding hydrogens is 216 g/mol. The van der Waals surface area contributed by atoms with E-state index in [0.29, 0.717) is 5.41 Å². The smallest absolute Gasteiger partial charge is 0.155 e. The van der Waals surface area contributed by atoms with Crippen molar-refractivity contribution in [3.63, 3.8) is 0 Å². The third-order valence-corrected chi connectivity index (χ3v) is 3.90. The fourth-order valence-electron chi connectivity index (χ4n) is 2.78. The van der Waals surface area contributed by atoms with E-state index < -0.39 is 0 Å². The molecule has 17 heavy (non-hydrogen) atoms. The maximum atomic E-state index is 5.34. The van der Waals surface area contributed by atoms with Gasteiger partial charge in [0.2, 0.25) is 0 Å². The molecule has 2 fully saturated rings. The van der Waals surface area contributed by atoms with E-state index in [-0.39, 0.29) is 0 Å². The molecule has 0 amide bonds. The van der Waals surface area contributed by atoms with Crippen LogP contribution in [0, 0.1) is 5.41 Å². The van der Waals surface area contributed by atoms with Gasteiger partial charge in [-0.15, -0.1) is 0 Å². The summed E-state index contributed by atoms with van der Waals surface area (Å²) >= 11 is 0. The first-order chi connectivity index (χ1) is 8.35. The highest BCUT2D eigenvalue weighted by Crippen LogP contribution is 2.39. The molecule has 0 radical (unpaired) electrons. The fraction of sp³-hybridized carbons (Fsp3) is 0.500. The molecule has 2 aliphatic rings. The average Bonchev–Trinajstić information content (AvgIpc) is 2.94. The van der Waals surface area contributed by atoms with Gasteiger partial charge in [-0.1, -0.05) is 0 Å². The number of H-pyrrole nitrogens is 1. The number of nitrogens with one attached hydrogen (secondary N) is 1. The van der Waals surface area contributed by atoms with Crippen LogP contribution in [0.2, 0.25) is 0 Å². The van der Waals surface area contributed by atoms with Crippen LogP contribution in [0.4, 0.5) is 5.69 Å². The minimum absolute atomic E-state index is 0.422. The molecule has 0 aromatic carbocycles. The SMILES string of the molecule is c1nc2[nH]ncc2cc1N1CCC2(COC2)C1. The lowest BCUT2D eigenvalue weighted by molar-refractivity contribution is -0.0985. The van der Waals surface area contributed by atoms with Crippen molar-refractivity contribution in [1.82, 2.24) is 15.2 Å². The van der Waals surface area contributed by atoms with E-state index in [4.69, 9.17) is 4.74 Å². The lowest BCUT2D eigenvalue weighted by Crippen LogP contribution is -2.44. The summed E-state index contributed by atoms with van der Waals surface area (Å²) in [6.07, 6.45) is 4.99. The van der Waals surface area contributed by atoms with Gasteiger partial charge < -0.3 is 9.64 Å². The summed E-state index contributed by atoms with van der Waals surface area (Å²) in [6, 6.07) is 2.16. The number of rotatable bonds is 1. The van der Waals surface area contributed by atoms with Crippen LogP contribution in [0.1, 0.15) is 6.42 Å². The molecule has 1 N–H and O–H groups in total. The van der Waals surface area contributed by atoms with Crippen molar-refractivity contribution in [3.05, 3.63) is 18.5 Å². The largest absolute Gasteiger partial charge is 0.380 e. The van der Waals surface area contributed by atoms with E-state index in [1.165, 1.54) is 12.1 Å². The van der Waals surface area contributed by atoms with E-state index in [1.54, 1.807) is 0 Å². The number of ether oxygens (including phenoxy) is 1. The van der Waals surface area contributed by atoms with Gasteiger partial charge in [-0.3, -0.25) is 5.10 Å². The van der Waals surface area contributed by atoms with Crippen LogP contribution in [0.5, 0.6) is 0 Å². The van der Waals surface area contributed by atoms with Gasteiger partial charge in [0.15, 0.2) is 5.65 Å². The van der Waals surface area contributed by atoms with Gasteiger partial charge in [0, 0.05) is 23.9 Å². The predicted molar refractivity (Wildman–Crippen MR) is 64.0 cm³/mol. The molecule has 2 aliphatic heterocycles. The molecule has 4 rings (SSSR count). The number of pyridine rings is 1. The van der Waals surface area contributed by atoms with Crippen molar-refractivity contribution in [2.75, 3.05) is 31.2 Å². The van der Waals surface area contributed by atoms with Crippen LogP contribution in [0.15, 0.2) is 18.5 Å². The molecule has 4 heterocycles. The molecule has 5 nitrogen and oxygen atoms in total. The van der Waals surface area contributed by atoms with E-state index in [9.17, 15) is 0 Å². The molecule has 0 bridgehead atoms. The predicted octanol–water partition coefficient (Wildman–Crippen LogP) is 1.18. The lowest BCUT2D eigenvalue weighted by atomic mass is 9.85. The zero-order valence-electron chi connectivity index (χ0n) is 9.52. The third-order valence-electron chi connectivity index (χ3n) is 3.90. The zero-order valence-corrected chi connectivity index (χ0v) is 9.52. The molecule has 0 atom stereocenters. The van der Waals surface area contributed by atoms with Gasteiger partial charge in [0.1, 0.15) is 0 Å². The maximum Gasteiger partial charge on any atom is 0.155 e. The summed E-state index contributed by atoms with van der Waals surface area (Å²) in [5.41, 5.74) is 2.48. The molecule has 2 aromatic heterocycles. The summed E-state index contributed by atoms with van der Waals surface area (Å²) in [5.74, 6) is 0. The van der Waals surface area contributed by atoms with Gasteiger partial charge >= 0.3 is 0 Å². The maximum absolute atomic E-state index is 5.34. The molecule has 2 saturated heterocycles. The second-order valence-corrected chi connectivity index (χ2v) is 5.17. The van der Waals surface area contributed by atoms with E-state index in [2.05, 4.69) is 26.1 Å². The highest BCUT2D eigenvalue weighted by Gasteiger charge is 2.44. The molecule has 1 spiro atoms. The van der Waals surface area contributed by atoms with Gasteiger partial charge in [-0.25, -0.2) is 4.98 Å². The molecule has 5 heteroatoms. The van der Waals surface area contributed by atoms with Gasteiger partial charge in [-0.2, -0.15) is 5.10 Å². The molecule has 2 aromatic rings. The minimum atomic E-state index is 0.422. The Hall–Kier alpha value is -1.62. The van der Waals surface area contributed by atoms with Gasteiger partial charge in [0.25, 0.3) is 0 Å². The fourth-order valence-corrected chi connectivity index (χ4v) is 2.78. The zero-order chi connectivity index (χ0) is 11.3. The molecule has 0 unspecified atom stereocenters. The van der Waals surface area contributed by atoms with Crippen LogP contribution in [-0.4, -0.2) is 41.5 Å². The Balaban J connectivity index is 1.65. The van der Waals surface area contributed by atoms with Crippen molar-refractivity contribution >= 4 is 16.7 Å². The van der Waals surface area contributed by atoms with Crippen molar-refractivity contribution in [3.8, 4) is 0 Å². The Bertz CT molecular complexity index is 560. The minimum Gasteiger partial charge on any atom is -0.380 e. The summed E-state index contributed by atoms with van der Waals surface area (Å²) in [5, 5.41) is 7.95. The standard InChI is InChI=1S/C12H14N4O/c1-2-16(6-12(1)7-17-8-12)10-3-9-4-14-15-11(9)13-5-10/h3-5H,1-2,6-8H2,(H,13,14,15). The van der Waals surface area contributed by atoms with Crippen LogP contribution in [0.25, 0.3) is 11.0 Å². The Morgan fingerprint density at radius 2 is 2.29 bits per heavy atom. The number of aromatic amines is 1. The molecular formula is C12H14N4O. The normalized spacial score (nSPS) is 22.2. The van der Waals surface area contributed by atoms with E-state index in [0.717, 1.165) is 37.3 Å². The van der Waals surface area contributed by atoms with Crippen molar-refractivity contribution in [2.45, 2.75) is 6.42 Å². The van der Waals surface area contributed by atoms with Gasteiger partial charge in [0.05, 0.1) is 31.3 Å². The molecule has 0 saturated carbocycles. The quantitative estimate of drug-likeness (QED) is 0.799. The second kappa shape index (κ2) is 3.20. The van der Waals surface area contributed by atoms with Crippen LogP contribution in [0.3, 0.4) is 0 Å². The second-order valence-electron chi connectivity index (χ2n) is 5.17. The van der Waals surface area contributed by atoms with Crippen LogP contribution in [-0.2, 0) is 4.74 Å². The Kier molecular flexibility index (Phi) is 1.77. The number of anilines is 1. The Labute approximate surface area is 98.8 Å². The van der Waals surface area contributed by atoms with Gasteiger partial charge in [-0.05, 0) is 12.5 Å². The summed E-state index contributed by atoms with van der Waals surface area (Å²) in [7, 11) is 0. The Morgan fingerprint density at radius 1 is 1.35 bits per heavy atom. The van der Waals surface area contributed by atoms with Crippen LogP contribution >= 0.6 is 0 Å². The summed E-state index contributed by atoms with van der Waals surface area (Å²) in [4.78, 5) is 6.79. The first kappa shape index (κ1) is 9.41. The highest BCUT2D eigenvalue weighted by molar-refractivity contribution is 5.77. The first-order valence-corrected chi connectivity index (χ1v) is 5.97. The van der Waals surface area contributed by atoms with Crippen LogP contribution < -0.4 is 4.90 Å². The van der Waals surface area contributed by atoms with Crippen molar-refractivity contribution in [2.24, 2.45) is 5.41 Å². The summed E-state index contributed by atoms with van der Waals surface area (Å²) in [6.45, 7) is 4.04. The summed E-state index contributed by atoms with van der Waals surface area (Å²) < 4.78 is 5.34. The highest BCUT2D eigenvalue weighted by atomic mass is 16.5. The number of hydrogen-bond acceptors (Lipinski definition) is 4. The van der Waals surface area contributed by atoms with Crippen molar-refractivity contribution in [1.29, 1.82) is 0 Å². The molecule has 88 valence electrons. The third kappa shape index (κ3) is 1.35. The first-order valence-electron chi connectivity index (χ1n) is 5.97. The van der Waals surface area contributed by atoms with Crippen molar-refractivity contribution < 1.29 is 4.74 Å². The number of hydrogen-bond donors (Lipinski definition) is 1.